The fourth-order valence-electron chi connectivity index (χ4n) is 1.77. The van der Waals surface area contributed by atoms with Gasteiger partial charge in [-0.1, -0.05) is 13.8 Å². The Hall–Kier alpha value is -1.32. The summed E-state index contributed by atoms with van der Waals surface area (Å²) in [6.07, 6.45) is 0. The van der Waals surface area contributed by atoms with E-state index >= 15 is 0 Å². The molecule has 0 aromatic carbocycles. The molecule has 0 fully saturated rings. The third-order valence-electron chi connectivity index (χ3n) is 2.51. The Balaban J connectivity index is 3.39. The Labute approximate surface area is 98.3 Å². The van der Waals surface area contributed by atoms with Crippen LogP contribution in [0.5, 0.6) is 0 Å². The first-order valence-electron chi connectivity index (χ1n) is 5.57. The number of rotatable bonds is 3. The van der Waals surface area contributed by atoms with Crippen LogP contribution in [0.3, 0.4) is 0 Å². The van der Waals surface area contributed by atoms with Crippen molar-refractivity contribution in [2.75, 3.05) is 38.0 Å². The van der Waals surface area contributed by atoms with Crippen molar-refractivity contribution in [1.29, 1.82) is 0 Å². The molecule has 0 aliphatic carbocycles. The van der Waals surface area contributed by atoms with E-state index < -0.39 is 0 Å². The molecule has 1 aromatic rings. The first-order valence-corrected chi connectivity index (χ1v) is 5.57. The highest BCUT2D eigenvalue weighted by molar-refractivity contribution is 5.53. The minimum absolute atomic E-state index is 0.439. The molecule has 0 saturated heterocycles. The Kier molecular flexibility index (Phi) is 3.73. The molecule has 0 bridgehead atoms. The van der Waals surface area contributed by atoms with Crippen molar-refractivity contribution in [1.82, 2.24) is 9.97 Å². The average Bonchev–Trinajstić information content (AvgIpc) is 2.15. The van der Waals surface area contributed by atoms with Crippen LogP contribution in [0.15, 0.2) is 0 Å². The number of hydrogen-bond donors (Lipinski definition) is 0. The molecule has 1 rings (SSSR count). The van der Waals surface area contributed by atoms with Crippen molar-refractivity contribution in [3.63, 3.8) is 0 Å². The molecule has 0 N–H and O–H groups in total. The van der Waals surface area contributed by atoms with Crippen LogP contribution >= 0.6 is 0 Å². The summed E-state index contributed by atoms with van der Waals surface area (Å²) >= 11 is 0. The van der Waals surface area contributed by atoms with Gasteiger partial charge in [0.1, 0.15) is 5.82 Å². The molecule has 1 aromatic heterocycles. The smallest absolute Gasteiger partial charge is 0.227 e. The molecule has 90 valence electrons. The summed E-state index contributed by atoms with van der Waals surface area (Å²) in [6, 6.07) is 0. The Bertz CT molecular complexity index is 370. The van der Waals surface area contributed by atoms with Gasteiger partial charge >= 0.3 is 0 Å². The summed E-state index contributed by atoms with van der Waals surface area (Å²) < 4.78 is 0. The average molecular weight is 222 g/mol. The van der Waals surface area contributed by atoms with Crippen LogP contribution in [-0.2, 0) is 0 Å². The number of nitrogens with zero attached hydrogens (tertiary/aromatic N) is 4. The maximum Gasteiger partial charge on any atom is 0.227 e. The minimum Gasteiger partial charge on any atom is -0.362 e. The molecule has 0 spiro atoms. The van der Waals surface area contributed by atoms with Crippen molar-refractivity contribution in [3.8, 4) is 0 Å². The number of aromatic nitrogens is 2. The fraction of sp³-hybridized carbons (Fsp3) is 0.667. The maximum atomic E-state index is 4.59. The van der Waals surface area contributed by atoms with Crippen molar-refractivity contribution < 1.29 is 0 Å². The lowest BCUT2D eigenvalue weighted by Crippen LogP contribution is -2.20. The first-order chi connectivity index (χ1) is 7.34. The van der Waals surface area contributed by atoms with Gasteiger partial charge in [-0.15, -0.1) is 0 Å². The lowest BCUT2D eigenvalue weighted by atomic mass is 10.0. The summed E-state index contributed by atoms with van der Waals surface area (Å²) in [5, 5.41) is 0. The van der Waals surface area contributed by atoms with Crippen molar-refractivity contribution in [2.24, 2.45) is 0 Å². The van der Waals surface area contributed by atoms with Gasteiger partial charge in [0.2, 0.25) is 5.95 Å². The zero-order chi connectivity index (χ0) is 12.5. The highest BCUT2D eigenvalue weighted by Gasteiger charge is 2.16. The Morgan fingerprint density at radius 1 is 0.938 bits per heavy atom. The van der Waals surface area contributed by atoms with Crippen molar-refractivity contribution in [3.05, 3.63) is 11.3 Å². The SMILES string of the molecule is Cc1nc(N(C)C)nc(N(C)C)c1C(C)C. The molecule has 1 heterocycles. The molecule has 16 heavy (non-hydrogen) atoms. The van der Waals surface area contributed by atoms with Gasteiger partial charge in [-0.05, 0) is 12.8 Å². The van der Waals surface area contributed by atoms with Gasteiger partial charge < -0.3 is 9.80 Å². The predicted molar refractivity (Wildman–Crippen MR) is 69.5 cm³/mol. The highest BCUT2D eigenvalue weighted by Crippen LogP contribution is 2.28. The molecule has 0 amide bonds. The number of anilines is 2. The summed E-state index contributed by atoms with van der Waals surface area (Å²) in [5.74, 6) is 2.23. The fourth-order valence-corrected chi connectivity index (χ4v) is 1.77. The standard InChI is InChI=1S/C12H22N4/c1-8(2)10-9(3)13-12(16(6)7)14-11(10)15(4)5/h8H,1-7H3. The minimum atomic E-state index is 0.439. The molecule has 0 unspecified atom stereocenters. The first kappa shape index (κ1) is 12.7. The van der Waals surface area contributed by atoms with Crippen molar-refractivity contribution >= 4 is 11.8 Å². The molecule has 4 nitrogen and oxygen atoms in total. The van der Waals surface area contributed by atoms with E-state index in [1.165, 1.54) is 5.56 Å². The lowest BCUT2D eigenvalue weighted by molar-refractivity contribution is 0.811. The van der Waals surface area contributed by atoms with Gasteiger partial charge in [0.05, 0.1) is 0 Å². The van der Waals surface area contributed by atoms with Gasteiger partial charge in [-0.3, -0.25) is 0 Å². The Morgan fingerprint density at radius 2 is 1.50 bits per heavy atom. The molecular weight excluding hydrogens is 200 g/mol. The third kappa shape index (κ3) is 2.43. The molecular formula is C12H22N4. The van der Waals surface area contributed by atoms with Gasteiger partial charge in [0.25, 0.3) is 0 Å². The third-order valence-corrected chi connectivity index (χ3v) is 2.51. The summed E-state index contributed by atoms with van der Waals surface area (Å²) in [4.78, 5) is 13.1. The molecule has 0 aliphatic heterocycles. The van der Waals surface area contributed by atoms with E-state index in [1.807, 2.05) is 33.1 Å². The van der Waals surface area contributed by atoms with Crippen LogP contribution in [0.2, 0.25) is 0 Å². The normalized spacial score (nSPS) is 10.8. The van der Waals surface area contributed by atoms with Gasteiger partial charge in [-0.2, -0.15) is 4.98 Å². The second-order valence-corrected chi connectivity index (χ2v) is 4.79. The van der Waals surface area contributed by atoms with Crippen LogP contribution in [0.1, 0.15) is 31.0 Å². The number of aryl methyl sites for hydroxylation is 1. The number of hydrogen-bond acceptors (Lipinski definition) is 4. The quantitative estimate of drug-likeness (QED) is 0.783. The van der Waals surface area contributed by atoms with E-state index in [4.69, 9.17) is 0 Å². The predicted octanol–water partition coefficient (Wildman–Crippen LogP) is 2.04. The topological polar surface area (TPSA) is 32.3 Å². The van der Waals surface area contributed by atoms with Crippen LogP contribution in [0.25, 0.3) is 0 Å². The summed E-state index contributed by atoms with van der Waals surface area (Å²) in [7, 11) is 7.96. The zero-order valence-corrected chi connectivity index (χ0v) is 11.4. The van der Waals surface area contributed by atoms with Crippen LogP contribution in [0, 0.1) is 6.92 Å². The van der Waals surface area contributed by atoms with Crippen molar-refractivity contribution in [2.45, 2.75) is 26.7 Å². The summed E-state index contributed by atoms with van der Waals surface area (Å²) in [6.45, 7) is 6.40. The largest absolute Gasteiger partial charge is 0.362 e. The molecule has 0 atom stereocenters. The van der Waals surface area contributed by atoms with E-state index in [0.717, 1.165) is 17.5 Å². The van der Waals surface area contributed by atoms with E-state index in [-0.39, 0.29) is 0 Å². The molecule has 0 aliphatic rings. The van der Waals surface area contributed by atoms with Gasteiger partial charge in [-0.25, -0.2) is 4.98 Å². The van der Waals surface area contributed by atoms with Gasteiger partial charge in [0.15, 0.2) is 0 Å². The monoisotopic (exact) mass is 222 g/mol. The summed E-state index contributed by atoms with van der Waals surface area (Å²) in [5.41, 5.74) is 2.30. The Morgan fingerprint density at radius 3 is 1.88 bits per heavy atom. The second kappa shape index (κ2) is 4.68. The maximum absolute atomic E-state index is 4.59. The molecule has 0 radical (unpaired) electrons. The second-order valence-electron chi connectivity index (χ2n) is 4.79. The van der Waals surface area contributed by atoms with Gasteiger partial charge in [0, 0.05) is 39.4 Å². The van der Waals surface area contributed by atoms with Crippen LogP contribution in [-0.4, -0.2) is 38.2 Å². The molecule has 0 saturated carbocycles. The lowest BCUT2D eigenvalue weighted by Gasteiger charge is -2.22. The van der Waals surface area contributed by atoms with E-state index in [9.17, 15) is 0 Å². The van der Waals surface area contributed by atoms with E-state index in [1.54, 1.807) is 0 Å². The van der Waals surface area contributed by atoms with Crippen LogP contribution in [0.4, 0.5) is 11.8 Å². The zero-order valence-electron chi connectivity index (χ0n) is 11.4. The van der Waals surface area contributed by atoms with E-state index in [2.05, 4.69) is 35.6 Å². The molecule has 4 heteroatoms. The highest BCUT2D eigenvalue weighted by atomic mass is 15.3. The van der Waals surface area contributed by atoms with E-state index in [0.29, 0.717) is 5.92 Å². The van der Waals surface area contributed by atoms with Crippen LogP contribution < -0.4 is 9.80 Å².